The van der Waals surface area contributed by atoms with Gasteiger partial charge in [0.1, 0.15) is 4.32 Å². The molecule has 18 heavy (non-hydrogen) atoms. The van der Waals surface area contributed by atoms with Crippen LogP contribution in [0.1, 0.15) is 12.5 Å². The summed E-state index contributed by atoms with van der Waals surface area (Å²) in [6, 6.07) is 10.0. The molecule has 0 saturated carbocycles. The van der Waals surface area contributed by atoms with Gasteiger partial charge < -0.3 is 0 Å². The van der Waals surface area contributed by atoms with Crippen LogP contribution in [0.4, 0.5) is 0 Å². The Kier molecular flexibility index (Phi) is 3.99. The summed E-state index contributed by atoms with van der Waals surface area (Å²) in [5.74, 6) is -0.0224. The Labute approximate surface area is 116 Å². The molecule has 0 aromatic heterocycles. The molecule has 1 aliphatic rings. The molecule has 1 saturated heterocycles. The van der Waals surface area contributed by atoms with Gasteiger partial charge in [0.2, 0.25) is 0 Å². The lowest BCUT2D eigenvalue weighted by molar-refractivity contribution is -0.121. The molecule has 1 aliphatic heterocycles. The Balaban J connectivity index is 2.22. The lowest BCUT2D eigenvalue weighted by Gasteiger charge is -2.03. The highest BCUT2D eigenvalue weighted by molar-refractivity contribution is 8.26. The maximum atomic E-state index is 11.8. The fourth-order valence-corrected chi connectivity index (χ4v) is 2.84. The number of rotatable bonds is 2. The van der Waals surface area contributed by atoms with Gasteiger partial charge in [-0.05, 0) is 24.1 Å². The van der Waals surface area contributed by atoms with Crippen molar-refractivity contribution in [2.75, 3.05) is 7.05 Å². The monoisotopic (exact) mass is 275 g/mol. The van der Waals surface area contributed by atoms with Gasteiger partial charge in [-0.3, -0.25) is 9.69 Å². The summed E-state index contributed by atoms with van der Waals surface area (Å²) >= 11 is 6.43. The van der Waals surface area contributed by atoms with Gasteiger partial charge in [0.15, 0.2) is 0 Å². The summed E-state index contributed by atoms with van der Waals surface area (Å²) in [5.41, 5.74) is 2.16. The minimum Gasteiger partial charge on any atom is -0.296 e. The van der Waals surface area contributed by atoms with E-state index in [1.165, 1.54) is 16.7 Å². The van der Waals surface area contributed by atoms with E-state index in [0.29, 0.717) is 9.23 Å². The fraction of sp³-hybridized carbons (Fsp3) is 0.143. The minimum atomic E-state index is -0.0224. The van der Waals surface area contributed by atoms with Crippen LogP contribution in [0.2, 0.25) is 0 Å². The van der Waals surface area contributed by atoms with E-state index in [0.717, 1.165) is 11.1 Å². The zero-order valence-electron chi connectivity index (χ0n) is 10.2. The minimum absolute atomic E-state index is 0.0224. The maximum Gasteiger partial charge on any atom is 0.265 e. The molecule has 0 radical (unpaired) electrons. The molecule has 0 spiro atoms. The van der Waals surface area contributed by atoms with Crippen LogP contribution in [0.5, 0.6) is 0 Å². The van der Waals surface area contributed by atoms with Crippen LogP contribution in [0.3, 0.4) is 0 Å². The number of nitrogens with zero attached hydrogens (tertiary/aromatic N) is 1. The van der Waals surface area contributed by atoms with Crippen molar-refractivity contribution in [3.63, 3.8) is 0 Å². The van der Waals surface area contributed by atoms with E-state index in [2.05, 4.69) is 0 Å². The van der Waals surface area contributed by atoms with Crippen LogP contribution in [-0.2, 0) is 4.79 Å². The molecule has 0 unspecified atom stereocenters. The lowest BCUT2D eigenvalue weighted by atomic mass is 10.1. The first-order chi connectivity index (χ1) is 8.58. The van der Waals surface area contributed by atoms with Gasteiger partial charge in [-0.2, -0.15) is 0 Å². The number of likely N-dealkylation sites (N-methyl/N-ethyl adjacent to an activating group) is 1. The molecule has 0 N–H and O–H groups in total. The Morgan fingerprint density at radius 3 is 2.56 bits per heavy atom. The van der Waals surface area contributed by atoms with E-state index in [9.17, 15) is 4.79 Å². The standard InChI is InChI=1S/C14H13NOS2/c1-10(8-11-6-4-3-5-7-11)9-12-13(16)15(2)14(17)18-12/h3-9H,1-2H3/b10-8+,12-9-. The number of hydrogen-bond acceptors (Lipinski definition) is 3. The first kappa shape index (κ1) is 13.1. The molecule has 1 fully saturated rings. The molecule has 0 bridgehead atoms. The molecule has 0 atom stereocenters. The average molecular weight is 275 g/mol. The molecule has 92 valence electrons. The second-order valence-corrected chi connectivity index (χ2v) is 5.72. The summed E-state index contributed by atoms with van der Waals surface area (Å²) in [6.45, 7) is 1.98. The van der Waals surface area contributed by atoms with Gasteiger partial charge in [0.25, 0.3) is 5.91 Å². The molecule has 1 heterocycles. The third kappa shape index (κ3) is 2.89. The molecular formula is C14H13NOS2. The number of thioether (sulfide) groups is 1. The number of hydrogen-bond donors (Lipinski definition) is 0. The van der Waals surface area contributed by atoms with Crippen LogP contribution in [0.25, 0.3) is 6.08 Å². The SMILES string of the molecule is CC(/C=C1\SC(=S)N(C)C1=O)=C\c1ccccc1. The zero-order valence-corrected chi connectivity index (χ0v) is 11.8. The highest BCUT2D eigenvalue weighted by atomic mass is 32.2. The zero-order chi connectivity index (χ0) is 13.1. The van der Waals surface area contributed by atoms with E-state index in [-0.39, 0.29) is 5.91 Å². The van der Waals surface area contributed by atoms with E-state index in [4.69, 9.17) is 12.2 Å². The predicted octanol–water partition coefficient (Wildman–Crippen LogP) is 3.46. The van der Waals surface area contributed by atoms with Crippen molar-refractivity contribution in [2.45, 2.75) is 6.92 Å². The van der Waals surface area contributed by atoms with Gasteiger partial charge in [0, 0.05) is 7.05 Å². The Bertz CT molecular complexity index is 546. The Hall–Kier alpha value is -1.39. The van der Waals surface area contributed by atoms with Crippen LogP contribution in [-0.4, -0.2) is 22.2 Å². The van der Waals surface area contributed by atoms with E-state index >= 15 is 0 Å². The highest BCUT2D eigenvalue weighted by Gasteiger charge is 2.28. The van der Waals surface area contributed by atoms with E-state index in [1.54, 1.807) is 7.05 Å². The van der Waals surface area contributed by atoms with E-state index in [1.807, 2.05) is 49.4 Å². The van der Waals surface area contributed by atoms with Crippen molar-refractivity contribution in [3.05, 3.63) is 52.4 Å². The smallest absolute Gasteiger partial charge is 0.265 e. The van der Waals surface area contributed by atoms with Gasteiger partial charge in [-0.1, -0.05) is 60.4 Å². The first-order valence-corrected chi connectivity index (χ1v) is 6.75. The fourth-order valence-electron chi connectivity index (χ4n) is 1.61. The van der Waals surface area contributed by atoms with Crippen LogP contribution in [0, 0.1) is 0 Å². The summed E-state index contributed by atoms with van der Waals surface area (Å²) in [7, 11) is 1.70. The molecule has 0 aliphatic carbocycles. The third-order valence-electron chi connectivity index (χ3n) is 2.54. The molecule has 2 rings (SSSR count). The predicted molar refractivity (Wildman–Crippen MR) is 81.1 cm³/mol. The molecule has 2 nitrogen and oxygen atoms in total. The number of carbonyl (C=O) groups excluding carboxylic acids is 1. The third-order valence-corrected chi connectivity index (χ3v) is 4.02. The topological polar surface area (TPSA) is 20.3 Å². The number of amides is 1. The van der Waals surface area contributed by atoms with Gasteiger partial charge in [-0.15, -0.1) is 0 Å². The Morgan fingerprint density at radius 2 is 2.00 bits per heavy atom. The number of allylic oxidation sites excluding steroid dienone is 2. The second-order valence-electron chi connectivity index (χ2n) is 4.04. The van der Waals surface area contributed by atoms with Crippen molar-refractivity contribution < 1.29 is 4.79 Å². The van der Waals surface area contributed by atoms with Crippen LogP contribution < -0.4 is 0 Å². The summed E-state index contributed by atoms with van der Waals surface area (Å²) in [6.07, 6.45) is 3.93. The molecular weight excluding hydrogens is 262 g/mol. The summed E-state index contributed by atoms with van der Waals surface area (Å²) in [5, 5.41) is 0. The van der Waals surface area contributed by atoms with Crippen molar-refractivity contribution in [1.82, 2.24) is 4.90 Å². The number of benzene rings is 1. The summed E-state index contributed by atoms with van der Waals surface area (Å²) in [4.78, 5) is 14.0. The average Bonchev–Trinajstić information content (AvgIpc) is 2.58. The lowest BCUT2D eigenvalue weighted by Crippen LogP contribution is -2.22. The number of thiocarbonyl (C=S) groups is 1. The van der Waals surface area contributed by atoms with Gasteiger partial charge in [0.05, 0.1) is 4.91 Å². The van der Waals surface area contributed by atoms with Crippen molar-refractivity contribution in [3.8, 4) is 0 Å². The molecule has 1 aromatic carbocycles. The first-order valence-electron chi connectivity index (χ1n) is 5.53. The van der Waals surface area contributed by atoms with Crippen LogP contribution >= 0.6 is 24.0 Å². The van der Waals surface area contributed by atoms with E-state index < -0.39 is 0 Å². The second kappa shape index (κ2) is 5.50. The van der Waals surface area contributed by atoms with Crippen molar-refractivity contribution in [2.24, 2.45) is 0 Å². The quantitative estimate of drug-likeness (QED) is 0.609. The maximum absolute atomic E-state index is 11.8. The molecule has 1 aromatic rings. The Morgan fingerprint density at radius 1 is 1.33 bits per heavy atom. The summed E-state index contributed by atoms with van der Waals surface area (Å²) < 4.78 is 0.610. The van der Waals surface area contributed by atoms with Gasteiger partial charge in [-0.25, -0.2) is 0 Å². The van der Waals surface area contributed by atoms with Crippen molar-refractivity contribution in [1.29, 1.82) is 0 Å². The van der Waals surface area contributed by atoms with Gasteiger partial charge >= 0.3 is 0 Å². The molecule has 1 amide bonds. The van der Waals surface area contributed by atoms with Crippen LogP contribution in [0.15, 0.2) is 46.9 Å². The van der Waals surface area contributed by atoms with Crippen molar-refractivity contribution >= 4 is 40.3 Å². The highest BCUT2D eigenvalue weighted by Crippen LogP contribution is 2.30. The largest absolute Gasteiger partial charge is 0.296 e. The normalized spacial score (nSPS) is 18.9. The number of carbonyl (C=O) groups is 1. The molecule has 4 heteroatoms.